The first-order valence-electron chi connectivity index (χ1n) is 14.3. The van der Waals surface area contributed by atoms with Crippen LogP contribution in [0.15, 0.2) is 35.5 Å². The second-order valence-corrected chi connectivity index (χ2v) is 13.6. The summed E-state index contributed by atoms with van der Waals surface area (Å²) in [5.74, 6) is 0.934. The molecule has 41 heavy (non-hydrogen) atoms. The average molecular weight is 598 g/mol. The van der Waals surface area contributed by atoms with Gasteiger partial charge in [-0.2, -0.15) is 0 Å². The third-order valence-electron chi connectivity index (χ3n) is 7.74. The van der Waals surface area contributed by atoms with Gasteiger partial charge >= 0.3 is 5.97 Å². The molecule has 2 aliphatic rings. The second kappa shape index (κ2) is 13.1. The molecule has 220 valence electrons. The first kappa shape index (κ1) is 29.8. The summed E-state index contributed by atoms with van der Waals surface area (Å²) < 4.78 is 12.9. The van der Waals surface area contributed by atoms with E-state index in [-0.39, 0.29) is 23.0 Å². The molecule has 0 unspecified atom stereocenters. The number of esters is 1. The van der Waals surface area contributed by atoms with Gasteiger partial charge in [-0.25, -0.2) is 4.79 Å². The summed E-state index contributed by atoms with van der Waals surface area (Å²) in [7, 11) is 0. The number of fused-ring (bicyclic) bond motifs is 1. The normalized spacial score (nSPS) is 17.7. The van der Waals surface area contributed by atoms with Gasteiger partial charge in [0, 0.05) is 23.7 Å². The molecule has 2 aromatic heterocycles. The number of nitrogens with one attached hydrogen (secondary N) is 1. The van der Waals surface area contributed by atoms with Gasteiger partial charge in [0.05, 0.1) is 37.7 Å². The van der Waals surface area contributed by atoms with Gasteiger partial charge in [0.1, 0.15) is 5.00 Å². The van der Waals surface area contributed by atoms with Crippen molar-refractivity contribution < 1.29 is 19.1 Å². The molecule has 0 bridgehead atoms. The standard InChI is InChI=1S/C30H39N5O4S2/c1-5-39-28(37)26-22-12-11-20(30(2,3)4)17-23(22)41-27(26)31-25(36)19-40-29-33-32-24(18-34-13-15-38-16-14-34)35(29)21-9-7-6-8-10-21/h6-10,20H,5,11-19H2,1-4H3,(H,31,36)/t20-/m1/s1. The molecule has 0 spiro atoms. The number of hydrogen-bond donors (Lipinski definition) is 1. The van der Waals surface area contributed by atoms with Crippen LogP contribution in [0.25, 0.3) is 5.69 Å². The van der Waals surface area contributed by atoms with Crippen LogP contribution < -0.4 is 5.32 Å². The van der Waals surface area contributed by atoms with Crippen LogP contribution in [0.1, 0.15) is 60.7 Å². The Bertz CT molecular complexity index is 1360. The molecular weight excluding hydrogens is 558 g/mol. The fraction of sp³-hybridized carbons (Fsp3) is 0.533. The predicted octanol–water partition coefficient (Wildman–Crippen LogP) is 5.22. The first-order chi connectivity index (χ1) is 19.7. The summed E-state index contributed by atoms with van der Waals surface area (Å²) in [5.41, 5.74) is 2.69. The van der Waals surface area contributed by atoms with E-state index >= 15 is 0 Å². The van der Waals surface area contributed by atoms with E-state index in [1.54, 1.807) is 6.92 Å². The number of thioether (sulfide) groups is 1. The molecule has 1 aliphatic heterocycles. The molecule has 1 aromatic carbocycles. The fourth-order valence-electron chi connectivity index (χ4n) is 5.42. The summed E-state index contributed by atoms with van der Waals surface area (Å²) in [4.78, 5) is 29.7. The number of rotatable bonds is 9. The van der Waals surface area contributed by atoms with E-state index in [1.165, 1.54) is 28.0 Å². The summed E-state index contributed by atoms with van der Waals surface area (Å²) >= 11 is 2.86. The predicted molar refractivity (Wildman–Crippen MR) is 162 cm³/mol. The van der Waals surface area contributed by atoms with E-state index in [9.17, 15) is 9.59 Å². The molecule has 1 saturated heterocycles. The van der Waals surface area contributed by atoms with Crippen LogP contribution in [0.5, 0.6) is 0 Å². The quantitative estimate of drug-likeness (QED) is 0.265. The molecule has 1 aliphatic carbocycles. The van der Waals surface area contributed by atoms with E-state index < -0.39 is 0 Å². The summed E-state index contributed by atoms with van der Waals surface area (Å²) in [5, 5.41) is 13.2. The summed E-state index contributed by atoms with van der Waals surface area (Å²) in [6, 6.07) is 9.97. The van der Waals surface area contributed by atoms with Crippen molar-refractivity contribution >= 4 is 40.0 Å². The van der Waals surface area contributed by atoms with E-state index in [0.717, 1.165) is 49.4 Å². The van der Waals surface area contributed by atoms with Crippen LogP contribution in [0.3, 0.4) is 0 Å². The lowest BCUT2D eigenvalue weighted by Crippen LogP contribution is -2.36. The van der Waals surface area contributed by atoms with E-state index in [2.05, 4.69) is 41.2 Å². The van der Waals surface area contributed by atoms with Gasteiger partial charge in [-0.1, -0.05) is 50.7 Å². The van der Waals surface area contributed by atoms with Crippen molar-refractivity contribution in [2.75, 3.05) is 44.0 Å². The number of anilines is 1. The first-order valence-corrected chi connectivity index (χ1v) is 16.1. The maximum atomic E-state index is 13.3. The van der Waals surface area contributed by atoms with Crippen LogP contribution in [0.4, 0.5) is 5.00 Å². The van der Waals surface area contributed by atoms with Gasteiger partial charge in [0.2, 0.25) is 5.91 Å². The second-order valence-electron chi connectivity index (χ2n) is 11.5. The molecular formula is C30H39N5O4S2. The molecule has 1 atom stereocenters. The van der Waals surface area contributed by atoms with Crippen molar-refractivity contribution in [3.63, 3.8) is 0 Å². The highest BCUT2D eigenvalue weighted by Gasteiger charge is 2.34. The van der Waals surface area contributed by atoms with Crippen molar-refractivity contribution in [3.05, 3.63) is 52.2 Å². The van der Waals surface area contributed by atoms with Crippen LogP contribution in [-0.4, -0.2) is 70.2 Å². The molecule has 5 rings (SSSR count). The topological polar surface area (TPSA) is 98.6 Å². The number of nitrogens with zero attached hydrogens (tertiary/aromatic N) is 4. The number of amides is 1. The van der Waals surface area contributed by atoms with Gasteiger partial charge in [0.25, 0.3) is 0 Å². The number of thiophene rings is 1. The van der Waals surface area contributed by atoms with Crippen molar-refractivity contribution in [2.45, 2.75) is 58.7 Å². The summed E-state index contributed by atoms with van der Waals surface area (Å²) in [6.07, 6.45) is 2.75. The minimum Gasteiger partial charge on any atom is -0.462 e. The highest BCUT2D eigenvalue weighted by atomic mass is 32.2. The van der Waals surface area contributed by atoms with Crippen molar-refractivity contribution in [3.8, 4) is 5.69 Å². The molecule has 3 heterocycles. The Hall–Kier alpha value is -2.73. The van der Waals surface area contributed by atoms with E-state index in [1.807, 2.05) is 34.9 Å². The molecule has 1 amide bonds. The third-order valence-corrected chi connectivity index (χ3v) is 9.84. The van der Waals surface area contributed by atoms with Gasteiger partial charge in [0.15, 0.2) is 11.0 Å². The van der Waals surface area contributed by atoms with E-state index in [4.69, 9.17) is 9.47 Å². The van der Waals surface area contributed by atoms with E-state index in [0.29, 0.717) is 48.0 Å². The Morgan fingerprint density at radius 3 is 2.63 bits per heavy atom. The molecule has 1 fully saturated rings. The van der Waals surface area contributed by atoms with Crippen molar-refractivity contribution in [2.24, 2.45) is 11.3 Å². The highest BCUT2D eigenvalue weighted by molar-refractivity contribution is 7.99. The Balaban J connectivity index is 1.33. The maximum Gasteiger partial charge on any atom is 0.341 e. The Kier molecular flexibility index (Phi) is 9.48. The Morgan fingerprint density at radius 1 is 1.17 bits per heavy atom. The molecule has 11 heteroatoms. The van der Waals surface area contributed by atoms with Gasteiger partial charge < -0.3 is 14.8 Å². The number of para-hydroxylation sites is 1. The molecule has 0 saturated carbocycles. The maximum absolute atomic E-state index is 13.3. The van der Waals surface area contributed by atoms with Crippen LogP contribution in [0.2, 0.25) is 0 Å². The van der Waals surface area contributed by atoms with Crippen LogP contribution in [-0.2, 0) is 33.7 Å². The van der Waals surface area contributed by atoms with Crippen molar-refractivity contribution in [1.29, 1.82) is 0 Å². The SMILES string of the molecule is CCOC(=O)c1c(NC(=O)CSc2nnc(CN3CCOCC3)n2-c2ccccc2)sc2c1CC[C@@H](C(C)(C)C)C2. The number of aromatic nitrogens is 3. The number of carbonyl (C=O) groups is 2. The molecule has 0 radical (unpaired) electrons. The fourth-order valence-corrected chi connectivity index (χ4v) is 7.52. The molecule has 9 nitrogen and oxygen atoms in total. The number of morpholine rings is 1. The summed E-state index contributed by atoms with van der Waals surface area (Å²) in [6.45, 7) is 12.6. The number of carbonyl (C=O) groups excluding carboxylic acids is 2. The Labute approximate surface area is 250 Å². The largest absolute Gasteiger partial charge is 0.462 e. The number of benzene rings is 1. The minimum absolute atomic E-state index is 0.137. The lowest BCUT2D eigenvalue weighted by Gasteiger charge is -2.33. The molecule has 1 N–H and O–H groups in total. The number of ether oxygens (including phenoxy) is 2. The smallest absolute Gasteiger partial charge is 0.341 e. The van der Waals surface area contributed by atoms with Gasteiger partial charge in [-0.05, 0) is 55.2 Å². The zero-order chi connectivity index (χ0) is 29.0. The zero-order valence-electron chi connectivity index (χ0n) is 24.3. The van der Waals surface area contributed by atoms with Crippen LogP contribution in [0, 0.1) is 11.3 Å². The van der Waals surface area contributed by atoms with Crippen molar-refractivity contribution in [1.82, 2.24) is 19.7 Å². The lowest BCUT2D eigenvalue weighted by atomic mass is 9.72. The van der Waals surface area contributed by atoms with Crippen LogP contribution >= 0.6 is 23.1 Å². The monoisotopic (exact) mass is 597 g/mol. The van der Waals surface area contributed by atoms with Gasteiger partial charge in [-0.15, -0.1) is 21.5 Å². The highest BCUT2D eigenvalue weighted by Crippen LogP contribution is 2.44. The van der Waals surface area contributed by atoms with Gasteiger partial charge in [-0.3, -0.25) is 14.3 Å². The minimum atomic E-state index is -0.362. The third kappa shape index (κ3) is 7.02. The molecule has 3 aromatic rings. The zero-order valence-corrected chi connectivity index (χ0v) is 25.9. The number of hydrogen-bond acceptors (Lipinski definition) is 9. The Morgan fingerprint density at radius 2 is 1.93 bits per heavy atom. The average Bonchev–Trinajstić information content (AvgIpc) is 3.52. The lowest BCUT2D eigenvalue weighted by molar-refractivity contribution is -0.113.